The lowest BCUT2D eigenvalue weighted by Gasteiger charge is -2.28. The van der Waals surface area contributed by atoms with Crippen LogP contribution in [0.2, 0.25) is 0 Å². The second-order valence-corrected chi connectivity index (χ2v) is 5.56. The number of aromatic hydroxyl groups is 1. The molecule has 1 heterocycles. The number of benzene rings is 1. The van der Waals surface area contributed by atoms with E-state index in [2.05, 4.69) is 10.6 Å². The molecule has 0 saturated heterocycles. The standard InChI is InChI=1S/C18H24N2O6/c1-4-24-8-9-26-17(22)15-11(3)19-18(23)20-16(15)12-6-7-13(21)14(10-12)25-5-2/h6-7,10,16,21H,4-5,8-9H2,1-3H3,(H2,19,20,23). The van der Waals surface area contributed by atoms with Crippen LogP contribution in [0, 0.1) is 0 Å². The summed E-state index contributed by atoms with van der Waals surface area (Å²) in [5, 5.41) is 15.2. The number of allylic oxidation sites excluding steroid dienone is 1. The molecule has 142 valence electrons. The van der Waals surface area contributed by atoms with Crippen molar-refractivity contribution < 1.29 is 28.9 Å². The Kier molecular flexibility index (Phi) is 6.85. The average molecular weight is 364 g/mol. The number of urea groups is 1. The smallest absolute Gasteiger partial charge is 0.338 e. The number of amides is 2. The van der Waals surface area contributed by atoms with Crippen molar-refractivity contribution in [1.29, 1.82) is 0 Å². The molecule has 0 radical (unpaired) electrons. The maximum Gasteiger partial charge on any atom is 0.338 e. The number of carbonyl (C=O) groups is 2. The molecule has 2 amide bonds. The van der Waals surface area contributed by atoms with Gasteiger partial charge in [-0.15, -0.1) is 0 Å². The van der Waals surface area contributed by atoms with Gasteiger partial charge in [0.2, 0.25) is 0 Å². The van der Waals surface area contributed by atoms with Crippen molar-refractivity contribution in [2.45, 2.75) is 26.8 Å². The first-order valence-corrected chi connectivity index (χ1v) is 8.46. The van der Waals surface area contributed by atoms with Crippen LogP contribution in [0.1, 0.15) is 32.4 Å². The van der Waals surface area contributed by atoms with Gasteiger partial charge < -0.3 is 30.0 Å². The zero-order chi connectivity index (χ0) is 19.1. The second-order valence-electron chi connectivity index (χ2n) is 5.56. The van der Waals surface area contributed by atoms with E-state index in [4.69, 9.17) is 14.2 Å². The highest BCUT2D eigenvalue weighted by molar-refractivity contribution is 5.95. The summed E-state index contributed by atoms with van der Waals surface area (Å²) in [6.45, 7) is 6.60. The van der Waals surface area contributed by atoms with Gasteiger partial charge in [0, 0.05) is 12.3 Å². The topological polar surface area (TPSA) is 106 Å². The molecule has 1 aromatic carbocycles. The molecule has 1 aliphatic rings. The fourth-order valence-electron chi connectivity index (χ4n) is 2.61. The molecular formula is C18H24N2O6. The quantitative estimate of drug-likeness (QED) is 0.481. The van der Waals surface area contributed by atoms with Crippen molar-refractivity contribution in [3.8, 4) is 11.5 Å². The van der Waals surface area contributed by atoms with Crippen molar-refractivity contribution in [3.63, 3.8) is 0 Å². The number of rotatable bonds is 8. The zero-order valence-electron chi connectivity index (χ0n) is 15.1. The van der Waals surface area contributed by atoms with Gasteiger partial charge in [0.15, 0.2) is 11.5 Å². The number of phenols is 1. The van der Waals surface area contributed by atoms with Crippen LogP contribution < -0.4 is 15.4 Å². The van der Waals surface area contributed by atoms with E-state index < -0.39 is 18.0 Å². The fraction of sp³-hybridized carbons (Fsp3) is 0.444. The lowest BCUT2D eigenvalue weighted by Crippen LogP contribution is -2.45. The molecule has 0 aliphatic carbocycles. The third kappa shape index (κ3) is 4.66. The fourth-order valence-corrected chi connectivity index (χ4v) is 2.61. The first-order chi connectivity index (χ1) is 12.5. The van der Waals surface area contributed by atoms with Crippen LogP contribution in [0.4, 0.5) is 4.79 Å². The molecule has 0 fully saturated rings. The molecule has 1 aliphatic heterocycles. The highest BCUT2D eigenvalue weighted by Crippen LogP contribution is 2.34. The molecule has 0 saturated carbocycles. The lowest BCUT2D eigenvalue weighted by molar-refractivity contribution is -0.141. The molecule has 0 bridgehead atoms. The maximum atomic E-state index is 12.5. The monoisotopic (exact) mass is 364 g/mol. The van der Waals surface area contributed by atoms with E-state index in [-0.39, 0.29) is 23.7 Å². The van der Waals surface area contributed by atoms with E-state index in [9.17, 15) is 14.7 Å². The van der Waals surface area contributed by atoms with Crippen molar-refractivity contribution in [3.05, 3.63) is 35.0 Å². The number of carbonyl (C=O) groups excluding carboxylic acids is 2. The van der Waals surface area contributed by atoms with Crippen molar-refractivity contribution in [1.82, 2.24) is 10.6 Å². The first kappa shape index (κ1) is 19.6. The van der Waals surface area contributed by atoms with Gasteiger partial charge in [-0.3, -0.25) is 0 Å². The van der Waals surface area contributed by atoms with Crippen LogP contribution in [0.3, 0.4) is 0 Å². The van der Waals surface area contributed by atoms with Gasteiger partial charge in [0.25, 0.3) is 0 Å². The Labute approximate surface area is 152 Å². The highest BCUT2D eigenvalue weighted by atomic mass is 16.6. The molecule has 0 spiro atoms. The minimum atomic E-state index is -0.719. The average Bonchev–Trinajstić information content (AvgIpc) is 2.60. The summed E-state index contributed by atoms with van der Waals surface area (Å²) in [5.41, 5.74) is 1.29. The summed E-state index contributed by atoms with van der Waals surface area (Å²) < 4.78 is 15.8. The Hall–Kier alpha value is -2.74. The predicted molar refractivity (Wildman–Crippen MR) is 93.8 cm³/mol. The van der Waals surface area contributed by atoms with Gasteiger partial charge in [-0.05, 0) is 38.5 Å². The van der Waals surface area contributed by atoms with E-state index in [1.807, 2.05) is 6.92 Å². The van der Waals surface area contributed by atoms with Crippen LogP contribution in [-0.2, 0) is 14.3 Å². The minimum Gasteiger partial charge on any atom is -0.504 e. The van der Waals surface area contributed by atoms with Gasteiger partial charge in [0.1, 0.15) is 6.61 Å². The zero-order valence-corrected chi connectivity index (χ0v) is 15.1. The summed E-state index contributed by atoms with van der Waals surface area (Å²) in [6.07, 6.45) is 0. The van der Waals surface area contributed by atoms with Crippen molar-refractivity contribution >= 4 is 12.0 Å². The number of hydrogen-bond acceptors (Lipinski definition) is 6. The third-order valence-corrected chi connectivity index (χ3v) is 3.77. The van der Waals surface area contributed by atoms with E-state index >= 15 is 0 Å². The molecule has 1 unspecified atom stereocenters. The molecule has 0 aromatic heterocycles. The normalized spacial score (nSPS) is 16.7. The van der Waals surface area contributed by atoms with Gasteiger partial charge in [-0.25, -0.2) is 9.59 Å². The van der Waals surface area contributed by atoms with Crippen LogP contribution >= 0.6 is 0 Å². The van der Waals surface area contributed by atoms with Crippen LogP contribution in [0.5, 0.6) is 11.5 Å². The van der Waals surface area contributed by atoms with Gasteiger partial charge >= 0.3 is 12.0 Å². The Bertz CT molecular complexity index is 701. The summed E-state index contributed by atoms with van der Waals surface area (Å²) in [7, 11) is 0. The van der Waals surface area contributed by atoms with Gasteiger partial charge in [-0.2, -0.15) is 0 Å². The van der Waals surface area contributed by atoms with Crippen molar-refractivity contribution in [2.24, 2.45) is 0 Å². The number of phenolic OH excluding ortho intramolecular Hbond substituents is 1. The number of hydrogen-bond donors (Lipinski definition) is 3. The van der Waals surface area contributed by atoms with E-state index in [1.165, 1.54) is 6.07 Å². The second kappa shape index (κ2) is 9.10. The molecule has 26 heavy (non-hydrogen) atoms. The van der Waals surface area contributed by atoms with Crippen molar-refractivity contribution in [2.75, 3.05) is 26.4 Å². The largest absolute Gasteiger partial charge is 0.504 e. The summed E-state index contributed by atoms with van der Waals surface area (Å²) >= 11 is 0. The molecule has 2 rings (SSSR count). The summed E-state index contributed by atoms with van der Waals surface area (Å²) in [4.78, 5) is 24.4. The molecule has 8 nitrogen and oxygen atoms in total. The lowest BCUT2D eigenvalue weighted by atomic mass is 9.95. The van der Waals surface area contributed by atoms with E-state index in [0.717, 1.165) is 0 Å². The van der Waals surface area contributed by atoms with Gasteiger partial charge in [-0.1, -0.05) is 6.07 Å². The Morgan fingerprint density at radius 1 is 1.23 bits per heavy atom. The van der Waals surface area contributed by atoms with Crippen LogP contribution in [0.15, 0.2) is 29.5 Å². The number of ether oxygens (including phenoxy) is 3. The highest BCUT2D eigenvalue weighted by Gasteiger charge is 2.32. The van der Waals surface area contributed by atoms with Crippen LogP contribution in [0.25, 0.3) is 0 Å². The Morgan fingerprint density at radius 3 is 2.69 bits per heavy atom. The molecule has 1 aromatic rings. The molecule has 3 N–H and O–H groups in total. The Balaban J connectivity index is 2.29. The molecule has 1 atom stereocenters. The summed E-state index contributed by atoms with van der Waals surface area (Å²) in [6, 6.07) is 3.53. The van der Waals surface area contributed by atoms with E-state index in [1.54, 1.807) is 26.0 Å². The van der Waals surface area contributed by atoms with Crippen LogP contribution in [-0.4, -0.2) is 43.5 Å². The van der Waals surface area contributed by atoms with Gasteiger partial charge in [0.05, 0.1) is 24.8 Å². The third-order valence-electron chi connectivity index (χ3n) is 3.77. The number of esters is 1. The molecule has 8 heteroatoms. The minimum absolute atomic E-state index is 0.0163. The number of nitrogens with one attached hydrogen (secondary N) is 2. The first-order valence-electron chi connectivity index (χ1n) is 8.46. The summed E-state index contributed by atoms with van der Waals surface area (Å²) in [5.74, 6) is -0.289. The predicted octanol–water partition coefficient (Wildman–Crippen LogP) is 2.00. The Morgan fingerprint density at radius 2 is 2.00 bits per heavy atom. The molecular weight excluding hydrogens is 340 g/mol. The SMILES string of the molecule is CCOCCOC(=O)C1=C(C)NC(=O)NC1c1ccc(O)c(OCC)c1. The maximum absolute atomic E-state index is 12.5. The van der Waals surface area contributed by atoms with E-state index in [0.29, 0.717) is 31.1 Å².